The molecular weight excluding hydrogens is 454 g/mol. The molecule has 0 unspecified atom stereocenters. The van der Waals surface area contributed by atoms with E-state index in [1.54, 1.807) is 66.6 Å². The van der Waals surface area contributed by atoms with Crippen molar-refractivity contribution in [3.05, 3.63) is 88.5 Å². The number of amides is 1. The number of carbonyl (C=O) groups excluding carboxylic acids is 1. The van der Waals surface area contributed by atoms with Gasteiger partial charge in [-0.1, -0.05) is 11.6 Å². The summed E-state index contributed by atoms with van der Waals surface area (Å²) < 4.78 is 15.0. The summed E-state index contributed by atoms with van der Waals surface area (Å²) in [4.78, 5) is 12.9. The van der Waals surface area contributed by atoms with E-state index >= 15 is 0 Å². The van der Waals surface area contributed by atoms with Crippen molar-refractivity contribution in [1.82, 2.24) is 19.6 Å². The summed E-state index contributed by atoms with van der Waals surface area (Å²) in [5.41, 5.74) is 4.05. The van der Waals surface area contributed by atoms with Gasteiger partial charge in [0, 0.05) is 40.1 Å². The molecular formula is C25H26ClN5O3. The van der Waals surface area contributed by atoms with Crippen LogP contribution in [0.2, 0.25) is 5.02 Å². The van der Waals surface area contributed by atoms with Crippen molar-refractivity contribution in [2.75, 3.05) is 12.4 Å². The molecule has 0 fully saturated rings. The van der Waals surface area contributed by atoms with Gasteiger partial charge >= 0.3 is 0 Å². The van der Waals surface area contributed by atoms with Crippen molar-refractivity contribution in [3.8, 4) is 11.5 Å². The Morgan fingerprint density at radius 2 is 1.88 bits per heavy atom. The fraction of sp³-hybridized carbons (Fsp3) is 0.240. The number of benzene rings is 2. The summed E-state index contributed by atoms with van der Waals surface area (Å²) in [6, 6.07) is 12.3. The SMILES string of the molecule is CCn1ncc(Cn2cc(NC(=O)c3ccc(OC)c(COc4ccc(Cl)cc4)c3)cn2)c1C. The lowest BCUT2D eigenvalue weighted by molar-refractivity contribution is 0.102. The van der Waals surface area contributed by atoms with Gasteiger partial charge in [0.05, 0.1) is 31.7 Å². The van der Waals surface area contributed by atoms with Crippen LogP contribution >= 0.6 is 11.6 Å². The number of rotatable bonds is 9. The van der Waals surface area contributed by atoms with Crippen LogP contribution in [0.25, 0.3) is 0 Å². The monoisotopic (exact) mass is 479 g/mol. The van der Waals surface area contributed by atoms with Gasteiger partial charge in [-0.15, -0.1) is 0 Å². The highest BCUT2D eigenvalue weighted by Crippen LogP contribution is 2.24. The number of anilines is 1. The molecule has 0 bridgehead atoms. The van der Waals surface area contributed by atoms with Crippen LogP contribution in [0.4, 0.5) is 5.69 Å². The average molecular weight is 480 g/mol. The molecule has 0 aliphatic heterocycles. The molecule has 34 heavy (non-hydrogen) atoms. The number of aryl methyl sites for hydroxylation is 1. The van der Waals surface area contributed by atoms with Gasteiger partial charge in [-0.05, 0) is 56.3 Å². The van der Waals surface area contributed by atoms with Crippen LogP contribution in [-0.2, 0) is 19.7 Å². The molecule has 0 aliphatic carbocycles. The number of halogens is 1. The van der Waals surface area contributed by atoms with Crippen molar-refractivity contribution >= 4 is 23.2 Å². The second-order valence-corrected chi connectivity index (χ2v) is 8.16. The fourth-order valence-corrected chi connectivity index (χ4v) is 3.70. The maximum Gasteiger partial charge on any atom is 0.255 e. The number of nitrogens with zero attached hydrogens (tertiary/aromatic N) is 4. The molecule has 4 aromatic rings. The highest BCUT2D eigenvalue weighted by molar-refractivity contribution is 6.30. The molecule has 0 radical (unpaired) electrons. The Kier molecular flexibility index (Phi) is 7.18. The molecule has 1 N–H and O–H groups in total. The fourth-order valence-electron chi connectivity index (χ4n) is 3.58. The minimum atomic E-state index is -0.245. The quantitative estimate of drug-likeness (QED) is 0.367. The van der Waals surface area contributed by atoms with Crippen LogP contribution in [0.3, 0.4) is 0 Å². The Hall–Kier alpha value is -3.78. The van der Waals surface area contributed by atoms with Crippen LogP contribution in [0.5, 0.6) is 11.5 Å². The Labute approximate surface area is 203 Å². The summed E-state index contributed by atoms with van der Waals surface area (Å²) in [5.74, 6) is 1.07. The lowest BCUT2D eigenvalue weighted by Gasteiger charge is -2.12. The van der Waals surface area contributed by atoms with Crippen LogP contribution < -0.4 is 14.8 Å². The van der Waals surface area contributed by atoms with E-state index < -0.39 is 0 Å². The zero-order chi connectivity index (χ0) is 24.1. The Balaban J connectivity index is 1.43. The molecule has 0 atom stereocenters. The number of hydrogen-bond donors (Lipinski definition) is 1. The van der Waals surface area contributed by atoms with E-state index in [1.165, 1.54) is 0 Å². The number of methoxy groups -OCH3 is 1. The topological polar surface area (TPSA) is 83.2 Å². The lowest BCUT2D eigenvalue weighted by atomic mass is 10.1. The number of hydrogen-bond acceptors (Lipinski definition) is 5. The molecule has 9 heteroatoms. The van der Waals surface area contributed by atoms with Gasteiger partial charge in [-0.25, -0.2) is 0 Å². The molecule has 4 rings (SSSR count). The van der Waals surface area contributed by atoms with Gasteiger partial charge in [-0.2, -0.15) is 10.2 Å². The van der Waals surface area contributed by atoms with Gasteiger partial charge in [0.15, 0.2) is 0 Å². The van der Waals surface area contributed by atoms with Crippen molar-refractivity contribution in [2.24, 2.45) is 0 Å². The summed E-state index contributed by atoms with van der Waals surface area (Å²) in [6.07, 6.45) is 5.28. The Morgan fingerprint density at radius 1 is 1.09 bits per heavy atom. The maximum absolute atomic E-state index is 12.9. The van der Waals surface area contributed by atoms with E-state index in [1.807, 2.05) is 17.8 Å². The first kappa shape index (κ1) is 23.4. The van der Waals surface area contributed by atoms with Crippen LogP contribution in [0.15, 0.2) is 61.1 Å². The van der Waals surface area contributed by atoms with Crippen molar-refractivity contribution < 1.29 is 14.3 Å². The van der Waals surface area contributed by atoms with Crippen LogP contribution in [0.1, 0.15) is 34.1 Å². The number of aromatic nitrogens is 4. The predicted molar refractivity (Wildman–Crippen MR) is 131 cm³/mol. The largest absolute Gasteiger partial charge is 0.496 e. The second kappa shape index (κ2) is 10.4. The molecule has 0 saturated carbocycles. The molecule has 2 aromatic carbocycles. The number of ether oxygens (including phenoxy) is 2. The molecule has 8 nitrogen and oxygen atoms in total. The van der Waals surface area contributed by atoms with E-state index in [0.29, 0.717) is 34.3 Å². The van der Waals surface area contributed by atoms with Crippen LogP contribution in [0, 0.1) is 6.92 Å². The Morgan fingerprint density at radius 3 is 2.59 bits per heavy atom. The standard InChI is InChI=1S/C25H26ClN5O3/c1-4-31-17(2)20(12-28-31)14-30-15-22(13-27-30)29-25(32)18-5-10-24(33-3)19(11-18)16-34-23-8-6-21(26)7-9-23/h5-13,15H,4,14,16H2,1-3H3,(H,29,32). The van der Waals surface area contributed by atoms with Gasteiger partial charge in [0.25, 0.3) is 5.91 Å². The summed E-state index contributed by atoms with van der Waals surface area (Å²) in [7, 11) is 1.58. The van der Waals surface area contributed by atoms with E-state index in [0.717, 1.165) is 23.4 Å². The minimum Gasteiger partial charge on any atom is -0.496 e. The smallest absolute Gasteiger partial charge is 0.255 e. The average Bonchev–Trinajstić information content (AvgIpc) is 3.44. The van der Waals surface area contributed by atoms with Gasteiger partial charge in [-0.3, -0.25) is 14.2 Å². The summed E-state index contributed by atoms with van der Waals surface area (Å²) >= 11 is 5.92. The highest BCUT2D eigenvalue weighted by Gasteiger charge is 2.13. The molecule has 2 aromatic heterocycles. The third-order valence-corrected chi connectivity index (χ3v) is 5.73. The van der Waals surface area contributed by atoms with Crippen molar-refractivity contribution in [3.63, 3.8) is 0 Å². The van der Waals surface area contributed by atoms with Crippen LogP contribution in [-0.4, -0.2) is 32.6 Å². The predicted octanol–water partition coefficient (Wildman–Crippen LogP) is 4.95. The third-order valence-electron chi connectivity index (χ3n) is 5.48. The summed E-state index contributed by atoms with van der Waals surface area (Å²) in [6.45, 7) is 5.74. The first-order valence-corrected chi connectivity index (χ1v) is 11.2. The second-order valence-electron chi connectivity index (χ2n) is 7.72. The molecule has 0 spiro atoms. The van der Waals surface area contributed by atoms with Gasteiger partial charge < -0.3 is 14.8 Å². The third kappa shape index (κ3) is 5.40. The van der Waals surface area contributed by atoms with E-state index in [4.69, 9.17) is 21.1 Å². The van der Waals surface area contributed by atoms with Gasteiger partial charge in [0.1, 0.15) is 18.1 Å². The molecule has 0 saturated heterocycles. The number of carbonyl (C=O) groups is 1. The van der Waals surface area contributed by atoms with E-state index in [9.17, 15) is 4.79 Å². The number of nitrogens with one attached hydrogen (secondary N) is 1. The lowest BCUT2D eigenvalue weighted by Crippen LogP contribution is -2.12. The summed E-state index contributed by atoms with van der Waals surface area (Å²) in [5, 5.41) is 12.3. The Bertz CT molecular complexity index is 1280. The van der Waals surface area contributed by atoms with E-state index in [-0.39, 0.29) is 12.5 Å². The van der Waals surface area contributed by atoms with Crippen molar-refractivity contribution in [1.29, 1.82) is 0 Å². The molecule has 1 amide bonds. The first-order valence-electron chi connectivity index (χ1n) is 10.9. The van der Waals surface area contributed by atoms with Gasteiger partial charge in [0.2, 0.25) is 0 Å². The molecule has 2 heterocycles. The minimum absolute atomic E-state index is 0.245. The molecule has 176 valence electrons. The molecule has 0 aliphatic rings. The zero-order valence-electron chi connectivity index (χ0n) is 19.3. The maximum atomic E-state index is 12.9. The highest BCUT2D eigenvalue weighted by atomic mass is 35.5. The van der Waals surface area contributed by atoms with E-state index in [2.05, 4.69) is 22.4 Å². The zero-order valence-corrected chi connectivity index (χ0v) is 20.0. The normalized spacial score (nSPS) is 10.8. The van der Waals surface area contributed by atoms with Crippen molar-refractivity contribution in [2.45, 2.75) is 33.5 Å². The first-order chi connectivity index (χ1) is 16.5.